The second-order valence-corrected chi connectivity index (χ2v) is 9.96. The lowest BCUT2D eigenvalue weighted by atomic mass is 9.69. The average Bonchev–Trinajstić information content (AvgIpc) is 2.35. The molecule has 0 aromatic carbocycles. The van der Waals surface area contributed by atoms with E-state index in [-0.39, 0.29) is 12.1 Å². The van der Waals surface area contributed by atoms with E-state index >= 15 is 0 Å². The van der Waals surface area contributed by atoms with Gasteiger partial charge in [-0.05, 0) is 19.3 Å². The highest BCUT2D eigenvalue weighted by molar-refractivity contribution is 7.72. The summed E-state index contributed by atoms with van der Waals surface area (Å²) in [5.41, 5.74) is 4.98. The Morgan fingerprint density at radius 1 is 1.27 bits per heavy atom. The summed E-state index contributed by atoms with van der Waals surface area (Å²) >= 11 is 0. The van der Waals surface area contributed by atoms with Gasteiger partial charge in [-0.15, -0.1) is 0 Å². The van der Waals surface area contributed by atoms with Gasteiger partial charge in [0.1, 0.15) is 0 Å². The van der Waals surface area contributed by atoms with Crippen LogP contribution in [0.5, 0.6) is 0 Å². The fraction of sp³-hybridized carbons (Fsp3) is 0.909. The lowest BCUT2D eigenvalue weighted by Crippen LogP contribution is -2.56. The molecule has 1 rings (SSSR count). The van der Waals surface area contributed by atoms with Crippen molar-refractivity contribution >= 4 is 20.9 Å². The monoisotopic (exact) mass is 358 g/mol. The molecule has 0 aliphatic heterocycles. The van der Waals surface area contributed by atoms with Gasteiger partial charge in [-0.1, -0.05) is 19.8 Å². The smallest absolute Gasteiger partial charge is 0.367 e. The number of hydrogen-bond donors (Lipinski definition) is 7. The Bertz CT molecular complexity index is 507. The van der Waals surface area contributed by atoms with Crippen molar-refractivity contribution < 1.29 is 33.8 Å². The minimum absolute atomic E-state index is 0.225. The number of aliphatic hydroxyl groups is 1. The first kappa shape index (κ1) is 19.9. The van der Waals surface area contributed by atoms with Crippen LogP contribution in [0.2, 0.25) is 0 Å². The van der Waals surface area contributed by atoms with Gasteiger partial charge in [-0.3, -0.25) is 9.13 Å². The second-order valence-electron chi connectivity index (χ2n) is 5.95. The van der Waals surface area contributed by atoms with Crippen LogP contribution in [0.15, 0.2) is 0 Å². The molecule has 9 nitrogen and oxygen atoms in total. The maximum Gasteiger partial charge on any atom is 0.369 e. The molecule has 0 radical (unpaired) electrons. The fourth-order valence-electron chi connectivity index (χ4n) is 3.06. The van der Waals surface area contributed by atoms with E-state index in [2.05, 4.69) is 0 Å². The van der Waals surface area contributed by atoms with Crippen LogP contribution < -0.4 is 5.73 Å². The van der Waals surface area contributed by atoms with Gasteiger partial charge >= 0.3 is 15.2 Å². The second kappa shape index (κ2) is 6.42. The zero-order chi connectivity index (χ0) is 17.4. The molecule has 8 N–H and O–H groups in total. The molecule has 0 spiro atoms. The van der Waals surface area contributed by atoms with Crippen molar-refractivity contribution in [3.05, 3.63) is 0 Å². The SMILES string of the molecule is CCC(=N)C1CCCCC1(N)CC(O)(P(=O)(O)O)P(=O)(O)O. The Labute approximate surface area is 128 Å². The zero-order valence-corrected chi connectivity index (χ0v) is 14.1. The molecule has 1 saturated carbocycles. The third-order valence-electron chi connectivity index (χ3n) is 4.38. The van der Waals surface area contributed by atoms with Gasteiger partial charge in [0.15, 0.2) is 0 Å². The van der Waals surface area contributed by atoms with E-state index in [0.717, 1.165) is 6.42 Å². The summed E-state index contributed by atoms with van der Waals surface area (Å²) in [6, 6.07) is 0. The third-order valence-corrected chi connectivity index (χ3v) is 8.13. The Hall–Kier alpha value is -0.110. The standard InChI is InChI=1S/C11H24N2O7P2/c1-2-9(12)8-5-3-4-6-10(8,13)7-11(14,21(15,16)17)22(18,19)20/h8,12,14H,2-7,13H2,1H3,(H2,15,16,17)(H2,18,19,20). The molecule has 0 heterocycles. The first-order valence-electron chi connectivity index (χ1n) is 6.98. The molecule has 2 atom stereocenters. The van der Waals surface area contributed by atoms with E-state index in [1.165, 1.54) is 0 Å². The summed E-state index contributed by atoms with van der Waals surface area (Å²) in [7, 11) is -11.1. The molecular formula is C11H24N2O7P2. The summed E-state index contributed by atoms with van der Waals surface area (Å²) in [5.74, 6) is -0.573. The van der Waals surface area contributed by atoms with Gasteiger partial charge in [0.05, 0.1) is 0 Å². The molecule has 1 aliphatic rings. The number of rotatable bonds is 6. The van der Waals surface area contributed by atoms with E-state index in [9.17, 15) is 33.8 Å². The van der Waals surface area contributed by atoms with E-state index in [0.29, 0.717) is 19.3 Å². The maximum atomic E-state index is 11.5. The topological polar surface area (TPSA) is 185 Å². The van der Waals surface area contributed by atoms with Gasteiger partial charge in [0.2, 0.25) is 0 Å². The normalized spacial score (nSPS) is 27.7. The van der Waals surface area contributed by atoms with Crippen molar-refractivity contribution in [2.45, 2.75) is 56.1 Å². The molecule has 0 amide bonds. The molecule has 22 heavy (non-hydrogen) atoms. The molecule has 0 aromatic rings. The Morgan fingerprint density at radius 3 is 2.18 bits per heavy atom. The molecule has 0 saturated heterocycles. The van der Waals surface area contributed by atoms with Gasteiger partial charge in [0, 0.05) is 23.6 Å². The number of nitrogens with two attached hydrogens (primary N) is 1. The minimum atomic E-state index is -5.54. The summed E-state index contributed by atoms with van der Waals surface area (Å²) in [4.78, 5) is 37.0. The largest absolute Gasteiger partial charge is 0.369 e. The van der Waals surface area contributed by atoms with Crippen molar-refractivity contribution in [3.8, 4) is 0 Å². The van der Waals surface area contributed by atoms with Crippen LogP contribution in [0.4, 0.5) is 0 Å². The minimum Gasteiger partial charge on any atom is -0.367 e. The predicted octanol–water partition coefficient (Wildman–Crippen LogP) is 0.695. The van der Waals surface area contributed by atoms with Crippen LogP contribution in [0.25, 0.3) is 0 Å². The van der Waals surface area contributed by atoms with Crippen LogP contribution in [0, 0.1) is 11.3 Å². The third kappa shape index (κ3) is 3.68. The van der Waals surface area contributed by atoms with Crippen LogP contribution >= 0.6 is 15.2 Å². The first-order valence-corrected chi connectivity index (χ1v) is 10.2. The summed E-state index contributed by atoms with van der Waals surface area (Å²) in [6.45, 7) is 1.73. The molecule has 0 aromatic heterocycles. The summed E-state index contributed by atoms with van der Waals surface area (Å²) < 4.78 is 23.0. The molecule has 1 aliphatic carbocycles. The van der Waals surface area contributed by atoms with Gasteiger partial charge in [-0.25, -0.2) is 0 Å². The van der Waals surface area contributed by atoms with Crippen LogP contribution in [0.3, 0.4) is 0 Å². The van der Waals surface area contributed by atoms with Crippen molar-refractivity contribution in [3.63, 3.8) is 0 Å². The van der Waals surface area contributed by atoms with Crippen molar-refractivity contribution in [1.29, 1.82) is 5.41 Å². The molecule has 0 bridgehead atoms. The highest BCUT2D eigenvalue weighted by Crippen LogP contribution is 2.70. The Morgan fingerprint density at radius 2 is 1.77 bits per heavy atom. The average molecular weight is 358 g/mol. The van der Waals surface area contributed by atoms with Crippen molar-refractivity contribution in [2.75, 3.05) is 0 Å². The van der Waals surface area contributed by atoms with Gasteiger partial charge in [0.25, 0.3) is 5.08 Å². The van der Waals surface area contributed by atoms with E-state index < -0.39 is 38.2 Å². The quantitative estimate of drug-likeness (QED) is 0.267. The summed E-state index contributed by atoms with van der Waals surface area (Å²) in [6.07, 6.45) is 1.48. The van der Waals surface area contributed by atoms with Crippen LogP contribution in [-0.4, -0.2) is 41.0 Å². The Kier molecular flexibility index (Phi) is 5.81. The molecular weight excluding hydrogens is 334 g/mol. The molecule has 11 heteroatoms. The van der Waals surface area contributed by atoms with Gasteiger partial charge in [-0.2, -0.15) is 0 Å². The molecule has 2 unspecified atom stereocenters. The van der Waals surface area contributed by atoms with Crippen LogP contribution in [-0.2, 0) is 9.13 Å². The molecule has 1 fully saturated rings. The van der Waals surface area contributed by atoms with E-state index in [1.807, 2.05) is 0 Å². The first-order chi connectivity index (χ1) is 9.78. The highest BCUT2D eigenvalue weighted by Gasteiger charge is 2.63. The summed E-state index contributed by atoms with van der Waals surface area (Å²) in [5, 5.41) is 14.5. The number of nitrogens with one attached hydrogen (secondary N) is 1. The Balaban J connectivity index is 3.28. The highest BCUT2D eigenvalue weighted by atomic mass is 31.2. The predicted molar refractivity (Wildman–Crippen MR) is 80.5 cm³/mol. The fourth-order valence-corrected chi connectivity index (χ4v) is 5.42. The number of hydrogen-bond acceptors (Lipinski definition) is 5. The van der Waals surface area contributed by atoms with Crippen molar-refractivity contribution in [1.82, 2.24) is 0 Å². The molecule has 130 valence electrons. The van der Waals surface area contributed by atoms with E-state index in [4.69, 9.17) is 11.1 Å². The van der Waals surface area contributed by atoms with Gasteiger partial charge < -0.3 is 35.8 Å². The lowest BCUT2D eigenvalue weighted by Gasteiger charge is -2.45. The van der Waals surface area contributed by atoms with Crippen LogP contribution in [0.1, 0.15) is 45.4 Å². The maximum absolute atomic E-state index is 11.5. The zero-order valence-electron chi connectivity index (χ0n) is 12.3. The van der Waals surface area contributed by atoms with E-state index in [1.54, 1.807) is 6.92 Å². The lowest BCUT2D eigenvalue weighted by molar-refractivity contribution is 0.0780. The van der Waals surface area contributed by atoms with Crippen molar-refractivity contribution in [2.24, 2.45) is 11.7 Å².